The highest BCUT2D eigenvalue weighted by molar-refractivity contribution is 5.76. The number of rotatable bonds is 14. The van der Waals surface area contributed by atoms with Crippen molar-refractivity contribution < 1.29 is 68.6 Å². The van der Waals surface area contributed by atoms with Crippen LogP contribution in [0, 0.1) is 17.8 Å². The van der Waals surface area contributed by atoms with Gasteiger partial charge in [-0.2, -0.15) is 0 Å². The highest BCUT2D eigenvalue weighted by atomic mass is 16.7. The fraction of sp³-hybridized carbons (Fsp3) is 0.690. The van der Waals surface area contributed by atoms with Crippen LogP contribution in [-0.2, 0) is 61.7 Å². The van der Waals surface area contributed by atoms with E-state index in [9.17, 15) is 40.2 Å². The summed E-state index contributed by atoms with van der Waals surface area (Å²) in [5.74, 6) is -1.09. The second-order valence-corrected chi connectivity index (χ2v) is 20.7. The third kappa shape index (κ3) is 19.6. The zero-order valence-electron chi connectivity index (χ0n) is 44.1. The molecular weight excluding hydrogens is 921 g/mol. The summed E-state index contributed by atoms with van der Waals surface area (Å²) >= 11 is 0. The van der Waals surface area contributed by atoms with E-state index in [2.05, 4.69) is 46.8 Å². The van der Waals surface area contributed by atoms with Crippen LogP contribution in [0.4, 0.5) is 0 Å². The van der Waals surface area contributed by atoms with E-state index in [0.717, 1.165) is 35.1 Å². The molecule has 2 aromatic rings. The topological polar surface area (TPSA) is 211 Å². The molecule has 14 heteroatoms. The smallest absolute Gasteiger partial charge is 0.338 e. The van der Waals surface area contributed by atoms with E-state index in [4.69, 9.17) is 28.4 Å². The van der Waals surface area contributed by atoms with Crippen molar-refractivity contribution in [2.45, 2.75) is 208 Å². The third-order valence-electron chi connectivity index (χ3n) is 14.4. The van der Waals surface area contributed by atoms with Crippen molar-refractivity contribution in [2.24, 2.45) is 17.8 Å². The summed E-state index contributed by atoms with van der Waals surface area (Å²) in [7, 11) is 3.06. The summed E-state index contributed by atoms with van der Waals surface area (Å²) in [4.78, 5) is 26.3. The van der Waals surface area contributed by atoms with E-state index in [-0.39, 0.29) is 66.1 Å². The quantitative estimate of drug-likeness (QED) is 0.0596. The second kappa shape index (κ2) is 32.0. The fourth-order valence-electron chi connectivity index (χ4n) is 9.09. The predicted octanol–water partition coefficient (Wildman–Crippen LogP) is 8.46. The number of aliphatic hydroxyl groups is 6. The van der Waals surface area contributed by atoms with Crippen LogP contribution in [0.25, 0.3) is 0 Å². The van der Waals surface area contributed by atoms with Crippen LogP contribution in [0.2, 0.25) is 0 Å². The maximum Gasteiger partial charge on any atom is 0.338 e. The molecule has 2 heterocycles. The van der Waals surface area contributed by atoms with Gasteiger partial charge in [0.25, 0.3) is 0 Å². The Morgan fingerprint density at radius 1 is 0.681 bits per heavy atom. The van der Waals surface area contributed by atoms with Crippen molar-refractivity contribution in [1.29, 1.82) is 0 Å². The molecule has 2 aromatic carbocycles. The fourth-order valence-corrected chi connectivity index (χ4v) is 9.09. The van der Waals surface area contributed by atoms with Gasteiger partial charge in [-0.25, -0.2) is 9.59 Å². The summed E-state index contributed by atoms with van der Waals surface area (Å²) in [6.07, 6.45) is -0.0399. The molecule has 2 aliphatic heterocycles. The molecule has 14 nitrogen and oxygen atoms in total. The normalized spacial score (nSPS) is 28.0. The molecule has 4 rings (SSSR count). The van der Waals surface area contributed by atoms with Crippen LogP contribution >= 0.6 is 0 Å². The lowest BCUT2D eigenvalue weighted by Gasteiger charge is -2.35. The molecule has 0 saturated heterocycles. The highest BCUT2D eigenvalue weighted by Crippen LogP contribution is 2.35. The van der Waals surface area contributed by atoms with Gasteiger partial charge >= 0.3 is 11.9 Å². The number of allylic oxidation sites excluding steroid dienone is 1. The van der Waals surface area contributed by atoms with E-state index in [1.165, 1.54) is 7.11 Å². The predicted molar refractivity (Wildman–Crippen MR) is 283 cm³/mol. The van der Waals surface area contributed by atoms with Crippen molar-refractivity contribution in [1.82, 2.24) is 0 Å². The Bertz CT molecular complexity index is 1940. The minimum atomic E-state index is -1.74. The number of hydrogen-bond donors (Lipinski definition) is 6. The number of aliphatic hydroxyl groups excluding tert-OH is 6. The SMILES string of the molecule is C.C.CCC(/C=C(/C)[C@@H]1C[C@@H](C)C[C@H](O)C(C)(C)c2cccc(c2)C[C@@H](OCOC)[C@H](OCOC)C(=O)O1)CC.CC[C@H](/C=C(/C)[C@@H]1C[C@@H](O)C[C@H](O)C(C)(C)c2cccc(c2)C[C@@H](O)[C@H](O)C(=O)O1)CO. The molecule has 11 atom stereocenters. The molecule has 2 aliphatic rings. The Labute approximate surface area is 433 Å². The van der Waals surface area contributed by atoms with E-state index < -0.39 is 77.7 Å². The Morgan fingerprint density at radius 2 is 1.15 bits per heavy atom. The van der Waals surface area contributed by atoms with Crippen molar-refractivity contribution in [3.63, 3.8) is 0 Å². The van der Waals surface area contributed by atoms with Gasteiger partial charge in [-0.1, -0.05) is 131 Å². The molecule has 412 valence electrons. The molecule has 4 bridgehead atoms. The Balaban J connectivity index is 0.000000710. The van der Waals surface area contributed by atoms with Crippen LogP contribution < -0.4 is 0 Å². The zero-order valence-corrected chi connectivity index (χ0v) is 44.1. The van der Waals surface area contributed by atoms with Gasteiger partial charge in [0.2, 0.25) is 0 Å². The van der Waals surface area contributed by atoms with Gasteiger partial charge in [0, 0.05) is 63.3 Å². The Kier molecular flexibility index (Phi) is 29.6. The highest BCUT2D eigenvalue weighted by Gasteiger charge is 2.38. The summed E-state index contributed by atoms with van der Waals surface area (Å²) in [6.45, 7) is 19.9. The number of fused-ring (bicyclic) bond motifs is 4. The molecule has 6 N–H and O–H groups in total. The van der Waals surface area contributed by atoms with Crippen molar-refractivity contribution in [3.05, 3.63) is 94.1 Å². The first-order valence-corrected chi connectivity index (χ1v) is 25.2. The van der Waals surface area contributed by atoms with Crippen molar-refractivity contribution in [3.8, 4) is 0 Å². The molecule has 0 aliphatic carbocycles. The largest absolute Gasteiger partial charge is 0.456 e. The molecular formula is C58H96O14. The lowest BCUT2D eigenvalue weighted by atomic mass is 9.75. The number of carbonyl (C=O) groups excluding carboxylic acids is 2. The molecule has 72 heavy (non-hydrogen) atoms. The van der Waals surface area contributed by atoms with Gasteiger partial charge in [-0.3, -0.25) is 0 Å². The molecule has 0 amide bonds. The maximum absolute atomic E-state index is 13.7. The second-order valence-electron chi connectivity index (χ2n) is 20.7. The lowest BCUT2D eigenvalue weighted by molar-refractivity contribution is -0.192. The van der Waals surface area contributed by atoms with Crippen molar-refractivity contribution >= 4 is 11.9 Å². The van der Waals surface area contributed by atoms with Gasteiger partial charge in [-0.15, -0.1) is 0 Å². The van der Waals surface area contributed by atoms with Gasteiger partial charge in [0.15, 0.2) is 12.2 Å². The first-order chi connectivity index (χ1) is 33.1. The summed E-state index contributed by atoms with van der Waals surface area (Å²) in [5, 5.41) is 63.3. The number of cyclic esters (lactones) is 2. The first kappa shape index (κ1) is 66.5. The minimum Gasteiger partial charge on any atom is -0.456 e. The number of benzene rings is 2. The van der Waals surface area contributed by atoms with Gasteiger partial charge in [0.05, 0.1) is 24.4 Å². The van der Waals surface area contributed by atoms with E-state index in [1.807, 2.05) is 58.0 Å². The van der Waals surface area contributed by atoms with E-state index in [0.29, 0.717) is 42.7 Å². The first-order valence-electron chi connectivity index (χ1n) is 25.2. The van der Waals surface area contributed by atoms with Crippen LogP contribution in [0.5, 0.6) is 0 Å². The molecule has 0 radical (unpaired) electrons. The minimum absolute atomic E-state index is 0. The third-order valence-corrected chi connectivity index (χ3v) is 14.4. The van der Waals surface area contributed by atoms with Crippen molar-refractivity contribution in [2.75, 3.05) is 34.4 Å². The molecule has 0 saturated carbocycles. The number of methoxy groups -OCH3 is 2. The van der Waals surface area contributed by atoms with Gasteiger partial charge in [-0.05, 0) is 91.2 Å². The van der Waals surface area contributed by atoms with Gasteiger partial charge < -0.3 is 59.1 Å². The Hall–Kier alpha value is -3.54. The molecule has 0 fully saturated rings. The number of hydrogen-bond acceptors (Lipinski definition) is 14. The number of ether oxygens (including phenoxy) is 6. The van der Waals surface area contributed by atoms with E-state index in [1.54, 1.807) is 32.2 Å². The van der Waals surface area contributed by atoms with E-state index >= 15 is 0 Å². The van der Waals surface area contributed by atoms with Crippen LogP contribution in [0.15, 0.2) is 71.8 Å². The maximum atomic E-state index is 13.7. The monoisotopic (exact) mass is 1020 g/mol. The van der Waals surface area contributed by atoms with Gasteiger partial charge in [0.1, 0.15) is 31.9 Å². The molecule has 0 spiro atoms. The molecule has 0 aromatic heterocycles. The van der Waals surface area contributed by atoms with Crippen LogP contribution in [-0.4, -0.2) is 132 Å². The Morgan fingerprint density at radius 3 is 1.67 bits per heavy atom. The number of carbonyl (C=O) groups is 2. The average Bonchev–Trinajstić information content (AvgIpc) is 3.32. The summed E-state index contributed by atoms with van der Waals surface area (Å²) in [5.41, 5.74) is 4.06. The van der Waals surface area contributed by atoms with Crippen LogP contribution in [0.3, 0.4) is 0 Å². The van der Waals surface area contributed by atoms with Crippen LogP contribution in [0.1, 0.15) is 151 Å². The zero-order chi connectivity index (χ0) is 52.3. The standard InChI is InChI=1S/C31H50O7.C25H38O7.2CH4/c1-9-23(10-2)16-22(4)26-14-21(3)15-28(32)31(5,6)25-13-11-12-24(17-25)18-27(36-19-34-7)29(30(33)38-26)37-20-35-8;1-5-16(14-26)9-15(2)21-12-19(27)13-22(29)25(3,4)18-8-6-7-17(10-18)11-20(28)23(30)24(31)32-21;;/h11-13,16-17,21,23,26-29,32H,9-10,14-15,18-20H2,1-8H3;6-10,16,19-23,26-30H,5,11-14H2,1-4H3;2*1H4/b22-16-;15-9-;;/t21-,26+,27-,28+,29+;16-,19-,20-,21+,22+,23+;;/m11../s1. The average molecular weight is 1020 g/mol. The molecule has 0 unspecified atom stereocenters. The summed E-state index contributed by atoms with van der Waals surface area (Å²) < 4.78 is 33.9. The number of esters is 2. The summed E-state index contributed by atoms with van der Waals surface area (Å²) in [6, 6.07) is 15.4. The lowest BCUT2D eigenvalue weighted by Crippen LogP contribution is -2.44.